The Kier molecular flexibility index (Phi) is 4.77. The molecule has 27 heavy (non-hydrogen) atoms. The number of likely N-dealkylation sites (tertiary alicyclic amines) is 1. The summed E-state index contributed by atoms with van der Waals surface area (Å²) in [6, 6.07) is 5.09. The maximum Gasteiger partial charge on any atom is 0.322 e. The molecule has 1 aromatic carbocycles. The van der Waals surface area contributed by atoms with Gasteiger partial charge in [0.2, 0.25) is 5.91 Å². The molecule has 0 unspecified atom stereocenters. The van der Waals surface area contributed by atoms with Gasteiger partial charge in [-0.1, -0.05) is 0 Å². The molecule has 0 saturated carbocycles. The molecule has 1 aromatic rings. The molecule has 9 heteroatoms. The molecule has 0 aromatic heterocycles. The lowest BCUT2D eigenvalue weighted by molar-refractivity contribution is -0.144. The van der Waals surface area contributed by atoms with E-state index in [-0.39, 0.29) is 11.9 Å². The van der Waals surface area contributed by atoms with Crippen LogP contribution in [0.5, 0.6) is 0 Å². The molecule has 1 spiro atoms. The average Bonchev–Trinajstić information content (AvgIpc) is 2.91. The lowest BCUT2D eigenvalue weighted by Gasteiger charge is -2.44. The van der Waals surface area contributed by atoms with Crippen LogP contribution in [-0.2, 0) is 9.59 Å². The third-order valence-corrected chi connectivity index (χ3v) is 5.34. The summed E-state index contributed by atoms with van der Waals surface area (Å²) >= 11 is 0. The van der Waals surface area contributed by atoms with Crippen LogP contribution in [0.3, 0.4) is 0 Å². The van der Waals surface area contributed by atoms with Crippen molar-refractivity contribution in [2.75, 3.05) is 24.5 Å². The number of nitrogens with one attached hydrogen (secondary N) is 2. The standard InChI is InChI=1S/C18H23N5O4/c1-11-8-12(16(19)20)2-3-13(11)23-17(27)21-10-18(23)4-6-22(7-5-18)14(24)9-15(25)26/h2-3,8H,4-7,9-10H2,1H3,(H3,19,20)(H,21,27)(H,25,26). The van der Waals surface area contributed by atoms with Gasteiger partial charge >= 0.3 is 12.0 Å². The van der Waals surface area contributed by atoms with Gasteiger partial charge in [0.1, 0.15) is 12.3 Å². The smallest absolute Gasteiger partial charge is 0.322 e. The Hall–Kier alpha value is -3.10. The number of amidine groups is 1. The zero-order valence-corrected chi connectivity index (χ0v) is 15.1. The molecule has 5 N–H and O–H groups in total. The highest BCUT2D eigenvalue weighted by atomic mass is 16.4. The molecule has 0 atom stereocenters. The number of rotatable bonds is 4. The van der Waals surface area contributed by atoms with Crippen molar-refractivity contribution >= 4 is 29.4 Å². The summed E-state index contributed by atoms with van der Waals surface area (Å²) in [5.41, 5.74) is 7.26. The van der Waals surface area contributed by atoms with Crippen molar-refractivity contribution in [3.63, 3.8) is 0 Å². The number of aliphatic carboxylic acids is 1. The van der Waals surface area contributed by atoms with Gasteiger partial charge in [-0.15, -0.1) is 0 Å². The summed E-state index contributed by atoms with van der Waals surface area (Å²) < 4.78 is 0. The van der Waals surface area contributed by atoms with Crippen LogP contribution in [0.4, 0.5) is 10.5 Å². The minimum Gasteiger partial charge on any atom is -0.481 e. The van der Waals surface area contributed by atoms with E-state index in [9.17, 15) is 14.4 Å². The lowest BCUT2D eigenvalue weighted by atomic mass is 9.86. The van der Waals surface area contributed by atoms with E-state index in [4.69, 9.17) is 16.2 Å². The highest BCUT2D eigenvalue weighted by molar-refractivity contribution is 5.99. The number of amides is 3. The molecule has 2 aliphatic rings. The second-order valence-electron chi connectivity index (χ2n) is 7.08. The van der Waals surface area contributed by atoms with Crippen LogP contribution < -0.4 is 16.0 Å². The van der Waals surface area contributed by atoms with Crippen LogP contribution in [0.1, 0.15) is 30.4 Å². The fraction of sp³-hybridized carbons (Fsp3) is 0.444. The number of hydrogen-bond acceptors (Lipinski definition) is 4. The van der Waals surface area contributed by atoms with Gasteiger partial charge in [-0.05, 0) is 43.5 Å². The summed E-state index contributed by atoms with van der Waals surface area (Å²) in [7, 11) is 0. The summed E-state index contributed by atoms with van der Waals surface area (Å²) in [6.45, 7) is 3.15. The third kappa shape index (κ3) is 3.44. The fourth-order valence-corrected chi connectivity index (χ4v) is 3.87. The maximum atomic E-state index is 12.6. The zero-order chi connectivity index (χ0) is 19.8. The van der Waals surface area contributed by atoms with Gasteiger partial charge in [0, 0.05) is 30.9 Å². The number of carbonyl (C=O) groups is 3. The number of piperidine rings is 1. The van der Waals surface area contributed by atoms with Gasteiger partial charge < -0.3 is 21.1 Å². The van der Waals surface area contributed by atoms with Crippen LogP contribution in [0.2, 0.25) is 0 Å². The van der Waals surface area contributed by atoms with Gasteiger partial charge in [-0.25, -0.2) is 4.79 Å². The largest absolute Gasteiger partial charge is 0.481 e. The van der Waals surface area contributed by atoms with Crippen molar-refractivity contribution in [2.45, 2.75) is 31.7 Å². The topological polar surface area (TPSA) is 140 Å². The van der Waals surface area contributed by atoms with Gasteiger partial charge in [0.05, 0.1) is 5.54 Å². The molecule has 0 aliphatic carbocycles. The van der Waals surface area contributed by atoms with Gasteiger partial charge in [0.15, 0.2) is 0 Å². The Morgan fingerprint density at radius 3 is 2.56 bits per heavy atom. The monoisotopic (exact) mass is 373 g/mol. The van der Waals surface area contributed by atoms with Gasteiger partial charge in [-0.2, -0.15) is 0 Å². The predicted molar refractivity (Wildman–Crippen MR) is 98.9 cm³/mol. The quantitative estimate of drug-likeness (QED) is 0.348. The summed E-state index contributed by atoms with van der Waals surface area (Å²) in [5, 5.41) is 19.3. The molecule has 2 fully saturated rings. The predicted octanol–water partition coefficient (Wildman–Crippen LogP) is 0.645. The van der Waals surface area contributed by atoms with E-state index in [1.165, 1.54) is 0 Å². The first-order valence-electron chi connectivity index (χ1n) is 8.76. The second kappa shape index (κ2) is 6.90. The Labute approximate surface area is 156 Å². The molecular formula is C18H23N5O4. The van der Waals surface area contributed by atoms with Crippen molar-refractivity contribution < 1.29 is 19.5 Å². The number of carboxylic acid groups (broad SMARTS) is 1. The number of carboxylic acids is 1. The number of nitrogen functional groups attached to an aromatic ring is 1. The van der Waals surface area contributed by atoms with Crippen LogP contribution in [-0.4, -0.2) is 58.9 Å². The molecule has 2 saturated heterocycles. The van der Waals surface area contributed by atoms with Gasteiger partial charge in [0.25, 0.3) is 0 Å². The van der Waals surface area contributed by atoms with Gasteiger partial charge in [-0.3, -0.25) is 19.9 Å². The van der Waals surface area contributed by atoms with Crippen LogP contribution in [0.25, 0.3) is 0 Å². The molecule has 9 nitrogen and oxygen atoms in total. The number of nitrogens with two attached hydrogens (primary N) is 1. The molecule has 2 heterocycles. The van der Waals surface area contributed by atoms with Crippen LogP contribution >= 0.6 is 0 Å². The lowest BCUT2D eigenvalue weighted by Crippen LogP contribution is -2.56. The molecule has 0 bridgehead atoms. The Morgan fingerprint density at radius 1 is 1.33 bits per heavy atom. The highest BCUT2D eigenvalue weighted by Crippen LogP contribution is 2.38. The SMILES string of the molecule is Cc1cc(C(=N)N)ccc1N1C(=O)NCC12CCN(C(=O)CC(=O)O)CC2. The highest BCUT2D eigenvalue weighted by Gasteiger charge is 2.48. The molecule has 144 valence electrons. The van der Waals surface area contributed by atoms with Crippen molar-refractivity contribution in [3.05, 3.63) is 29.3 Å². The number of anilines is 1. The summed E-state index contributed by atoms with van der Waals surface area (Å²) in [4.78, 5) is 38.6. The van der Waals surface area contributed by atoms with Crippen molar-refractivity contribution in [1.82, 2.24) is 10.2 Å². The van der Waals surface area contributed by atoms with E-state index < -0.39 is 23.8 Å². The molecule has 3 rings (SSSR count). The van der Waals surface area contributed by atoms with Crippen molar-refractivity contribution in [3.8, 4) is 0 Å². The molecule has 2 aliphatic heterocycles. The molecule has 3 amide bonds. The van der Waals surface area contributed by atoms with Crippen molar-refractivity contribution in [1.29, 1.82) is 5.41 Å². The third-order valence-electron chi connectivity index (χ3n) is 5.34. The van der Waals surface area contributed by atoms with E-state index >= 15 is 0 Å². The number of nitrogens with zero attached hydrogens (tertiary/aromatic N) is 2. The minimum atomic E-state index is -1.14. The first-order chi connectivity index (χ1) is 12.7. The number of hydrogen-bond donors (Lipinski definition) is 4. The van der Waals surface area contributed by atoms with E-state index in [2.05, 4.69) is 5.32 Å². The fourth-order valence-electron chi connectivity index (χ4n) is 3.87. The average molecular weight is 373 g/mol. The van der Waals surface area contributed by atoms with E-state index in [1.54, 1.807) is 28.0 Å². The van der Waals surface area contributed by atoms with E-state index in [0.29, 0.717) is 38.0 Å². The minimum absolute atomic E-state index is 0.0320. The van der Waals surface area contributed by atoms with Crippen LogP contribution in [0, 0.1) is 12.3 Å². The summed E-state index contributed by atoms with van der Waals surface area (Å²) in [5.74, 6) is -1.57. The zero-order valence-electron chi connectivity index (χ0n) is 15.1. The van der Waals surface area contributed by atoms with Crippen molar-refractivity contribution in [2.24, 2.45) is 5.73 Å². The molecule has 0 radical (unpaired) electrons. The Morgan fingerprint density at radius 2 is 2.00 bits per heavy atom. The summed E-state index contributed by atoms with van der Waals surface area (Å²) in [6.07, 6.45) is 0.607. The number of benzene rings is 1. The number of aryl methyl sites for hydroxylation is 1. The number of urea groups is 1. The van der Waals surface area contributed by atoms with Crippen LogP contribution in [0.15, 0.2) is 18.2 Å². The Bertz CT molecular complexity index is 814. The normalized spacial score (nSPS) is 18.5. The first-order valence-corrected chi connectivity index (χ1v) is 8.76. The maximum absolute atomic E-state index is 12.6. The first kappa shape index (κ1) is 18.7. The Balaban J connectivity index is 1.82. The second-order valence-corrected chi connectivity index (χ2v) is 7.08. The van der Waals surface area contributed by atoms with E-state index in [1.807, 2.05) is 6.92 Å². The molecular weight excluding hydrogens is 350 g/mol. The number of carbonyl (C=O) groups excluding carboxylic acids is 2. The van der Waals surface area contributed by atoms with E-state index in [0.717, 1.165) is 11.3 Å².